The largest absolute Gasteiger partial charge is 0.355 e. The molecular formula is C20H29N7O. The number of nitrogens with zero attached hydrogens (tertiary/aromatic N) is 6. The fourth-order valence-corrected chi connectivity index (χ4v) is 4.54. The molecule has 0 radical (unpaired) electrons. The van der Waals surface area contributed by atoms with Gasteiger partial charge in [-0.1, -0.05) is 6.42 Å². The van der Waals surface area contributed by atoms with Gasteiger partial charge in [0.1, 0.15) is 5.82 Å². The van der Waals surface area contributed by atoms with Gasteiger partial charge in [-0.15, -0.1) is 15.3 Å². The van der Waals surface area contributed by atoms with Crippen LogP contribution < -0.4 is 10.2 Å². The molecule has 8 nitrogen and oxygen atoms in total. The fraction of sp³-hybridized carbons (Fsp3) is 0.700. The van der Waals surface area contributed by atoms with Crippen LogP contribution in [0, 0.1) is 11.8 Å². The average molecular weight is 384 g/mol. The fourth-order valence-electron chi connectivity index (χ4n) is 4.54. The van der Waals surface area contributed by atoms with E-state index in [-0.39, 0.29) is 11.8 Å². The number of hydrogen-bond acceptors (Lipinski definition) is 6. The third-order valence-corrected chi connectivity index (χ3v) is 6.58. The summed E-state index contributed by atoms with van der Waals surface area (Å²) in [5.74, 6) is 3.36. The van der Waals surface area contributed by atoms with E-state index in [0.717, 1.165) is 62.9 Å². The van der Waals surface area contributed by atoms with Crippen LogP contribution >= 0.6 is 0 Å². The van der Waals surface area contributed by atoms with Crippen LogP contribution in [0.1, 0.15) is 43.8 Å². The number of aromatic nitrogens is 4. The third-order valence-electron chi connectivity index (χ3n) is 6.58. The number of carbonyl (C=O) groups is 1. The van der Waals surface area contributed by atoms with Gasteiger partial charge >= 0.3 is 0 Å². The molecule has 3 aliphatic rings. The zero-order valence-corrected chi connectivity index (χ0v) is 16.5. The Kier molecular flexibility index (Phi) is 4.66. The van der Waals surface area contributed by atoms with Crippen LogP contribution in [0.2, 0.25) is 0 Å². The molecule has 2 aromatic rings. The van der Waals surface area contributed by atoms with E-state index >= 15 is 0 Å². The van der Waals surface area contributed by atoms with Crippen molar-refractivity contribution in [2.75, 3.05) is 44.7 Å². The number of likely N-dealkylation sites (tertiary alicyclic amines) is 1. The Morgan fingerprint density at radius 3 is 2.75 bits per heavy atom. The molecule has 5 rings (SSSR count). The van der Waals surface area contributed by atoms with Crippen LogP contribution in [0.4, 0.5) is 5.82 Å². The zero-order chi connectivity index (χ0) is 19.1. The highest BCUT2D eigenvalue weighted by atomic mass is 16.1. The van der Waals surface area contributed by atoms with E-state index in [1.165, 1.54) is 19.3 Å². The molecule has 1 saturated carbocycles. The summed E-state index contributed by atoms with van der Waals surface area (Å²) >= 11 is 0. The number of fused-ring (bicyclic) bond motifs is 1. The SMILES string of the molecule is CN1CCCC(C(=O)NCC2CN(c3ccc4nnc(C5CCC5)n4n3)C2)C1. The van der Waals surface area contributed by atoms with Gasteiger partial charge in [0.25, 0.3) is 0 Å². The normalized spacial score (nSPS) is 24.2. The molecular weight excluding hydrogens is 354 g/mol. The van der Waals surface area contributed by atoms with Crippen molar-refractivity contribution in [2.24, 2.45) is 11.8 Å². The van der Waals surface area contributed by atoms with E-state index in [1.807, 2.05) is 16.6 Å². The molecule has 1 atom stereocenters. The molecule has 28 heavy (non-hydrogen) atoms. The van der Waals surface area contributed by atoms with Crippen molar-refractivity contribution in [3.8, 4) is 0 Å². The smallest absolute Gasteiger partial charge is 0.224 e. The monoisotopic (exact) mass is 383 g/mol. The van der Waals surface area contributed by atoms with E-state index in [2.05, 4.69) is 32.4 Å². The predicted octanol–water partition coefficient (Wildman–Crippen LogP) is 1.29. The van der Waals surface area contributed by atoms with E-state index in [1.54, 1.807) is 0 Å². The summed E-state index contributed by atoms with van der Waals surface area (Å²) in [4.78, 5) is 16.9. The maximum Gasteiger partial charge on any atom is 0.224 e. The average Bonchev–Trinajstić information content (AvgIpc) is 3.02. The highest BCUT2D eigenvalue weighted by Gasteiger charge is 2.31. The lowest BCUT2D eigenvalue weighted by Gasteiger charge is -2.40. The van der Waals surface area contributed by atoms with E-state index < -0.39 is 0 Å². The molecule has 0 aromatic carbocycles. The molecule has 1 amide bonds. The molecule has 0 bridgehead atoms. The number of carbonyl (C=O) groups excluding carboxylic acids is 1. The number of piperidine rings is 1. The second-order valence-electron chi connectivity index (χ2n) is 8.77. The lowest BCUT2D eigenvalue weighted by atomic mass is 9.85. The highest BCUT2D eigenvalue weighted by Crippen LogP contribution is 2.35. The van der Waals surface area contributed by atoms with Gasteiger partial charge in [0.05, 0.1) is 5.92 Å². The summed E-state index contributed by atoms with van der Waals surface area (Å²) in [6.07, 6.45) is 5.78. The molecule has 2 saturated heterocycles. The Morgan fingerprint density at radius 2 is 2.00 bits per heavy atom. The van der Waals surface area contributed by atoms with Gasteiger partial charge in [-0.2, -0.15) is 4.52 Å². The van der Waals surface area contributed by atoms with Crippen LogP contribution in [-0.2, 0) is 4.79 Å². The van der Waals surface area contributed by atoms with Crippen molar-refractivity contribution in [1.82, 2.24) is 30.0 Å². The number of amides is 1. The first kappa shape index (κ1) is 17.8. The van der Waals surface area contributed by atoms with Crippen molar-refractivity contribution in [2.45, 2.75) is 38.0 Å². The molecule has 0 spiro atoms. The quantitative estimate of drug-likeness (QED) is 0.838. The summed E-state index contributed by atoms with van der Waals surface area (Å²) in [5, 5.41) is 16.6. The minimum atomic E-state index is 0.151. The van der Waals surface area contributed by atoms with Crippen LogP contribution in [0.25, 0.3) is 5.65 Å². The Balaban J connectivity index is 1.15. The van der Waals surface area contributed by atoms with Crippen molar-refractivity contribution < 1.29 is 4.79 Å². The highest BCUT2D eigenvalue weighted by molar-refractivity contribution is 5.79. The summed E-state index contributed by atoms with van der Waals surface area (Å²) in [7, 11) is 2.10. The Bertz CT molecular complexity index is 855. The first-order valence-electron chi connectivity index (χ1n) is 10.6. The third kappa shape index (κ3) is 3.34. The second kappa shape index (κ2) is 7.31. The van der Waals surface area contributed by atoms with Crippen LogP contribution in [0.3, 0.4) is 0 Å². The Labute approximate surface area is 165 Å². The molecule has 8 heteroatoms. The first-order valence-corrected chi connectivity index (χ1v) is 10.6. The lowest BCUT2D eigenvalue weighted by Crippen LogP contribution is -2.53. The number of hydrogen-bond donors (Lipinski definition) is 1. The Hall–Kier alpha value is -2.22. The molecule has 2 aliphatic heterocycles. The minimum absolute atomic E-state index is 0.151. The van der Waals surface area contributed by atoms with E-state index in [9.17, 15) is 4.79 Å². The zero-order valence-electron chi connectivity index (χ0n) is 16.5. The minimum Gasteiger partial charge on any atom is -0.355 e. The topological polar surface area (TPSA) is 78.7 Å². The summed E-state index contributed by atoms with van der Waals surface area (Å²) in [6, 6.07) is 4.04. The van der Waals surface area contributed by atoms with Gasteiger partial charge in [0.2, 0.25) is 5.91 Å². The van der Waals surface area contributed by atoms with Gasteiger partial charge in [0, 0.05) is 38.0 Å². The maximum absolute atomic E-state index is 12.4. The van der Waals surface area contributed by atoms with Crippen LogP contribution in [0.5, 0.6) is 0 Å². The van der Waals surface area contributed by atoms with Crippen molar-refractivity contribution >= 4 is 17.4 Å². The molecule has 150 valence electrons. The number of anilines is 1. The molecule has 4 heterocycles. The number of nitrogens with one attached hydrogen (secondary N) is 1. The molecule has 1 unspecified atom stereocenters. The molecule has 1 N–H and O–H groups in total. The van der Waals surface area contributed by atoms with Crippen LogP contribution in [0.15, 0.2) is 12.1 Å². The first-order chi connectivity index (χ1) is 13.7. The summed E-state index contributed by atoms with van der Waals surface area (Å²) in [6.45, 7) is 4.62. The second-order valence-corrected chi connectivity index (χ2v) is 8.77. The summed E-state index contributed by atoms with van der Waals surface area (Å²) < 4.78 is 1.92. The molecule has 1 aliphatic carbocycles. The van der Waals surface area contributed by atoms with E-state index in [4.69, 9.17) is 5.10 Å². The number of rotatable bonds is 5. The van der Waals surface area contributed by atoms with Gasteiger partial charge < -0.3 is 15.1 Å². The molecule has 3 fully saturated rings. The van der Waals surface area contributed by atoms with Crippen molar-refractivity contribution in [3.05, 3.63) is 18.0 Å². The molecule has 2 aromatic heterocycles. The predicted molar refractivity (Wildman–Crippen MR) is 106 cm³/mol. The van der Waals surface area contributed by atoms with Gasteiger partial charge in [-0.05, 0) is 51.4 Å². The standard InChI is InChI=1S/C20H29N7O/c1-25-9-3-6-16(13-25)20(28)21-10-14-11-26(12-14)18-8-7-17-22-23-19(27(17)24-18)15-4-2-5-15/h7-8,14-16H,2-6,9-13H2,1H3,(H,21,28). The van der Waals surface area contributed by atoms with Gasteiger partial charge in [0.15, 0.2) is 11.5 Å². The van der Waals surface area contributed by atoms with E-state index in [0.29, 0.717) is 11.8 Å². The summed E-state index contributed by atoms with van der Waals surface area (Å²) in [5.41, 5.74) is 0.826. The van der Waals surface area contributed by atoms with Gasteiger partial charge in [-0.25, -0.2) is 0 Å². The maximum atomic E-state index is 12.4. The lowest BCUT2D eigenvalue weighted by molar-refractivity contribution is -0.126. The Morgan fingerprint density at radius 1 is 1.14 bits per heavy atom. The van der Waals surface area contributed by atoms with Gasteiger partial charge in [-0.3, -0.25) is 4.79 Å². The van der Waals surface area contributed by atoms with Crippen molar-refractivity contribution in [3.63, 3.8) is 0 Å². The van der Waals surface area contributed by atoms with Crippen molar-refractivity contribution in [1.29, 1.82) is 0 Å². The van der Waals surface area contributed by atoms with Crippen LogP contribution in [-0.4, -0.2) is 70.4 Å².